The van der Waals surface area contributed by atoms with E-state index in [1.807, 2.05) is 0 Å². The molecule has 34 heavy (non-hydrogen) atoms. The Morgan fingerprint density at radius 3 is 1.82 bits per heavy atom. The maximum atomic E-state index is 6.14. The van der Waals surface area contributed by atoms with Crippen LogP contribution in [0.1, 0.15) is 142 Å². The van der Waals surface area contributed by atoms with Crippen molar-refractivity contribution in [1.29, 1.82) is 0 Å². The second kappa shape index (κ2) is 15.9. The molecule has 2 fully saturated rings. The molecule has 3 rings (SSSR count). The summed E-state index contributed by atoms with van der Waals surface area (Å²) < 4.78 is 6.14. The van der Waals surface area contributed by atoms with Crippen molar-refractivity contribution < 1.29 is 4.74 Å². The van der Waals surface area contributed by atoms with Crippen LogP contribution in [0.5, 0.6) is 5.75 Å². The first-order valence-electron chi connectivity index (χ1n) is 15.4. The zero-order chi connectivity index (χ0) is 24.0. The maximum Gasteiger partial charge on any atom is 0.119 e. The van der Waals surface area contributed by atoms with Crippen molar-refractivity contribution >= 4 is 0 Å². The highest BCUT2D eigenvalue weighted by Gasteiger charge is 2.30. The summed E-state index contributed by atoms with van der Waals surface area (Å²) in [4.78, 5) is 0. The summed E-state index contributed by atoms with van der Waals surface area (Å²) in [6, 6.07) is 9.02. The third-order valence-corrected chi connectivity index (χ3v) is 9.23. The van der Waals surface area contributed by atoms with Gasteiger partial charge < -0.3 is 4.74 Å². The molecular weight excluding hydrogens is 412 g/mol. The zero-order valence-electron chi connectivity index (χ0n) is 23.0. The fourth-order valence-corrected chi connectivity index (χ4v) is 6.83. The Balaban J connectivity index is 1.28. The molecule has 2 aliphatic carbocycles. The van der Waals surface area contributed by atoms with E-state index >= 15 is 0 Å². The summed E-state index contributed by atoms with van der Waals surface area (Å²) in [6.07, 6.45) is 27.3. The van der Waals surface area contributed by atoms with Gasteiger partial charge in [0.2, 0.25) is 0 Å². The molecule has 0 spiro atoms. The smallest absolute Gasteiger partial charge is 0.119 e. The van der Waals surface area contributed by atoms with E-state index in [1.54, 1.807) is 0 Å². The molecule has 0 amide bonds. The Bertz CT molecular complexity index is 618. The summed E-state index contributed by atoms with van der Waals surface area (Å²) in [5.74, 6) is 5.18. The van der Waals surface area contributed by atoms with Gasteiger partial charge in [0, 0.05) is 0 Å². The molecule has 2 saturated carbocycles. The Kier molecular flexibility index (Phi) is 12.9. The van der Waals surface area contributed by atoms with E-state index in [-0.39, 0.29) is 0 Å². The second-order valence-corrected chi connectivity index (χ2v) is 12.0. The third kappa shape index (κ3) is 9.94. The van der Waals surface area contributed by atoms with Gasteiger partial charge in [0.25, 0.3) is 0 Å². The van der Waals surface area contributed by atoms with Gasteiger partial charge in [0.1, 0.15) is 5.75 Å². The Labute approximate surface area is 212 Å². The Hall–Kier alpha value is -0.980. The highest BCUT2D eigenvalue weighted by Crippen LogP contribution is 2.43. The van der Waals surface area contributed by atoms with Crippen LogP contribution in [-0.2, 0) is 6.42 Å². The largest absolute Gasteiger partial charge is 0.491 e. The van der Waals surface area contributed by atoms with Gasteiger partial charge in [0.05, 0.1) is 6.10 Å². The van der Waals surface area contributed by atoms with E-state index in [1.165, 1.54) is 128 Å². The topological polar surface area (TPSA) is 9.23 Å². The monoisotopic (exact) mass is 468 g/mol. The minimum atomic E-state index is 0.328. The Morgan fingerprint density at radius 1 is 0.676 bits per heavy atom. The summed E-state index contributed by atoms with van der Waals surface area (Å²) >= 11 is 0. The average molecular weight is 469 g/mol. The van der Waals surface area contributed by atoms with E-state index in [9.17, 15) is 0 Å². The van der Waals surface area contributed by atoms with Crippen LogP contribution in [0.15, 0.2) is 24.3 Å². The summed E-state index contributed by atoms with van der Waals surface area (Å²) in [7, 11) is 0. The molecule has 0 saturated heterocycles. The predicted molar refractivity (Wildman–Crippen MR) is 149 cm³/mol. The summed E-state index contributed by atoms with van der Waals surface area (Å²) in [5, 5.41) is 0. The molecule has 0 bridgehead atoms. The van der Waals surface area contributed by atoms with Crippen LogP contribution in [0.4, 0.5) is 0 Å². The quantitative estimate of drug-likeness (QED) is 0.233. The highest BCUT2D eigenvalue weighted by molar-refractivity contribution is 5.27. The van der Waals surface area contributed by atoms with Crippen molar-refractivity contribution in [1.82, 2.24) is 0 Å². The van der Waals surface area contributed by atoms with Crippen molar-refractivity contribution in [2.75, 3.05) is 0 Å². The second-order valence-electron chi connectivity index (χ2n) is 12.0. The van der Waals surface area contributed by atoms with Gasteiger partial charge in [-0.05, 0) is 99.7 Å². The van der Waals surface area contributed by atoms with Crippen molar-refractivity contribution in [3.63, 3.8) is 0 Å². The zero-order valence-corrected chi connectivity index (χ0v) is 23.0. The van der Waals surface area contributed by atoms with Gasteiger partial charge in [-0.2, -0.15) is 0 Å². The SMILES string of the molecule is CCCCCCC(C)Oc1ccc(CCC2CCC(C3CCC(CCCCC)CC3)CC2)cc1. The van der Waals surface area contributed by atoms with Gasteiger partial charge in [-0.1, -0.05) is 96.6 Å². The van der Waals surface area contributed by atoms with Crippen LogP contribution in [0, 0.1) is 23.7 Å². The molecule has 1 unspecified atom stereocenters. The van der Waals surface area contributed by atoms with Gasteiger partial charge in [0.15, 0.2) is 0 Å². The van der Waals surface area contributed by atoms with E-state index in [0.29, 0.717) is 6.10 Å². The number of ether oxygens (including phenoxy) is 1. The number of hydrogen-bond acceptors (Lipinski definition) is 1. The van der Waals surface area contributed by atoms with Crippen molar-refractivity contribution in [3.8, 4) is 5.75 Å². The van der Waals surface area contributed by atoms with E-state index in [0.717, 1.165) is 29.4 Å². The molecule has 0 N–H and O–H groups in total. The molecule has 1 heteroatoms. The first kappa shape index (κ1) is 27.6. The predicted octanol–water partition coefficient (Wildman–Crippen LogP) is 10.5. The molecule has 0 aromatic heterocycles. The first-order chi connectivity index (χ1) is 16.7. The van der Waals surface area contributed by atoms with E-state index in [2.05, 4.69) is 45.0 Å². The molecule has 0 heterocycles. The molecule has 1 atom stereocenters. The molecule has 0 radical (unpaired) electrons. The summed E-state index contributed by atoms with van der Waals surface area (Å²) in [5.41, 5.74) is 1.49. The van der Waals surface area contributed by atoms with Gasteiger partial charge in [-0.15, -0.1) is 0 Å². The molecule has 0 aliphatic heterocycles. The van der Waals surface area contributed by atoms with Crippen molar-refractivity contribution in [2.45, 2.75) is 149 Å². The fraction of sp³-hybridized carbons (Fsp3) is 0.818. The average Bonchev–Trinajstić information content (AvgIpc) is 2.87. The van der Waals surface area contributed by atoms with Crippen LogP contribution in [0.2, 0.25) is 0 Å². The van der Waals surface area contributed by atoms with E-state index < -0.39 is 0 Å². The van der Waals surface area contributed by atoms with Crippen LogP contribution in [0.25, 0.3) is 0 Å². The molecule has 194 valence electrons. The third-order valence-electron chi connectivity index (χ3n) is 9.23. The number of hydrogen-bond donors (Lipinski definition) is 0. The number of aryl methyl sites for hydroxylation is 1. The maximum absolute atomic E-state index is 6.14. The van der Waals surface area contributed by atoms with Crippen LogP contribution in [0.3, 0.4) is 0 Å². The molecule has 1 aromatic rings. The Morgan fingerprint density at radius 2 is 1.24 bits per heavy atom. The van der Waals surface area contributed by atoms with Crippen molar-refractivity contribution in [2.24, 2.45) is 23.7 Å². The lowest BCUT2D eigenvalue weighted by Crippen LogP contribution is -2.26. The highest BCUT2D eigenvalue weighted by atomic mass is 16.5. The molecule has 2 aliphatic rings. The van der Waals surface area contributed by atoms with Gasteiger partial charge in [-0.25, -0.2) is 0 Å². The first-order valence-corrected chi connectivity index (χ1v) is 15.4. The molecule has 1 nitrogen and oxygen atoms in total. The fourth-order valence-electron chi connectivity index (χ4n) is 6.83. The number of unbranched alkanes of at least 4 members (excludes halogenated alkanes) is 5. The summed E-state index contributed by atoms with van der Waals surface area (Å²) in [6.45, 7) is 6.82. The van der Waals surface area contributed by atoms with Crippen LogP contribution < -0.4 is 4.74 Å². The van der Waals surface area contributed by atoms with E-state index in [4.69, 9.17) is 4.74 Å². The number of benzene rings is 1. The van der Waals surface area contributed by atoms with Crippen LogP contribution in [-0.4, -0.2) is 6.10 Å². The minimum absolute atomic E-state index is 0.328. The molecule has 1 aromatic carbocycles. The lowest BCUT2D eigenvalue weighted by molar-refractivity contribution is 0.140. The molecular formula is C33H56O. The number of rotatable bonds is 15. The standard InChI is InChI=1S/C33H56O/c1-4-6-8-10-11-27(3)34-33-25-19-30(20-26-33)14-13-29-17-23-32(24-18-29)31-21-15-28(16-22-31)12-9-7-5-2/h19-20,25-29,31-32H,4-18,21-24H2,1-3H3. The lowest BCUT2D eigenvalue weighted by Gasteiger charge is -2.38. The van der Waals surface area contributed by atoms with Gasteiger partial charge >= 0.3 is 0 Å². The van der Waals surface area contributed by atoms with Crippen molar-refractivity contribution in [3.05, 3.63) is 29.8 Å². The normalized spacial score (nSPS) is 26.3. The van der Waals surface area contributed by atoms with Gasteiger partial charge in [-0.3, -0.25) is 0 Å². The minimum Gasteiger partial charge on any atom is -0.491 e. The lowest BCUT2D eigenvalue weighted by atomic mass is 9.68. The van der Waals surface area contributed by atoms with Crippen LogP contribution >= 0.6 is 0 Å².